The van der Waals surface area contributed by atoms with Gasteiger partial charge in [-0.3, -0.25) is 0 Å². The lowest BCUT2D eigenvalue weighted by molar-refractivity contribution is 0.391. The molecule has 0 aliphatic rings. The molecule has 1 aromatic carbocycles. The van der Waals surface area contributed by atoms with Crippen LogP contribution in [0.5, 0.6) is 0 Å². The molecule has 1 rings (SSSR count). The molecule has 21 heavy (non-hydrogen) atoms. The molecule has 0 heterocycles. The average molecular weight is 337 g/mol. The molecule has 0 N–H and O–H groups in total. The summed E-state index contributed by atoms with van der Waals surface area (Å²) in [5.41, 5.74) is 0. The van der Waals surface area contributed by atoms with Gasteiger partial charge in [-0.25, -0.2) is 25.5 Å². The highest BCUT2D eigenvalue weighted by Gasteiger charge is 2.27. The minimum atomic E-state index is -4.06. The third kappa shape index (κ3) is 4.24. The number of hydrogen-bond acceptors (Lipinski definition) is 4. The van der Waals surface area contributed by atoms with Crippen LogP contribution in [0.25, 0.3) is 0 Å². The molecule has 1 unspecified atom stereocenters. The van der Waals surface area contributed by atoms with Crippen molar-refractivity contribution in [3.8, 4) is 0 Å². The maximum atomic E-state index is 13.8. The van der Waals surface area contributed by atoms with Crippen LogP contribution >= 0.6 is 0 Å². The third-order valence-electron chi connectivity index (χ3n) is 3.28. The molecule has 1 aromatic rings. The van der Waals surface area contributed by atoms with Gasteiger partial charge in [0.2, 0.25) is 10.0 Å². The zero-order valence-corrected chi connectivity index (χ0v) is 14.1. The van der Waals surface area contributed by atoms with Crippen molar-refractivity contribution in [3.63, 3.8) is 0 Å². The summed E-state index contributed by atoms with van der Waals surface area (Å²) >= 11 is 0. The fourth-order valence-electron chi connectivity index (χ4n) is 1.75. The van der Waals surface area contributed by atoms with E-state index in [1.54, 1.807) is 0 Å². The van der Waals surface area contributed by atoms with E-state index in [9.17, 15) is 21.2 Å². The van der Waals surface area contributed by atoms with Crippen LogP contribution in [0.1, 0.15) is 20.3 Å². The largest absolute Gasteiger partial charge is 0.245 e. The molecule has 0 saturated heterocycles. The summed E-state index contributed by atoms with van der Waals surface area (Å²) in [6, 6.07) is 2.78. The van der Waals surface area contributed by atoms with Crippen LogP contribution in [0.3, 0.4) is 0 Å². The zero-order chi connectivity index (χ0) is 16.4. The van der Waals surface area contributed by atoms with Gasteiger partial charge in [0.1, 0.15) is 10.7 Å². The average Bonchev–Trinajstić information content (AvgIpc) is 2.37. The van der Waals surface area contributed by atoms with Crippen LogP contribution in [0.2, 0.25) is 0 Å². The van der Waals surface area contributed by atoms with E-state index in [1.165, 1.54) is 7.05 Å². The Balaban J connectivity index is 3.31. The Morgan fingerprint density at radius 3 is 2.29 bits per heavy atom. The maximum absolute atomic E-state index is 13.8. The Hall–Kier alpha value is -0.990. The summed E-state index contributed by atoms with van der Waals surface area (Å²) in [5.74, 6) is -0.843. The summed E-state index contributed by atoms with van der Waals surface area (Å²) in [4.78, 5) is -0.837. The van der Waals surface area contributed by atoms with Crippen molar-refractivity contribution in [3.05, 3.63) is 24.0 Å². The minimum absolute atomic E-state index is 0.117. The second kappa shape index (κ2) is 6.41. The smallest absolute Gasteiger partial charge is 0.224 e. The molecule has 8 heteroatoms. The van der Waals surface area contributed by atoms with Gasteiger partial charge < -0.3 is 0 Å². The lowest BCUT2D eigenvalue weighted by Gasteiger charge is -2.21. The number of benzene rings is 1. The summed E-state index contributed by atoms with van der Waals surface area (Å²) in [5, 5.41) is 0. The Bertz CT molecular complexity index is 714. The molecule has 0 aromatic heterocycles. The molecular formula is C13H20FNO4S2. The van der Waals surface area contributed by atoms with Gasteiger partial charge in [0.15, 0.2) is 9.84 Å². The second-order valence-corrected chi connectivity index (χ2v) is 9.19. The van der Waals surface area contributed by atoms with Gasteiger partial charge >= 0.3 is 0 Å². The number of rotatable bonds is 6. The predicted octanol–water partition coefficient (Wildman–Crippen LogP) is 1.90. The fraction of sp³-hybridized carbons (Fsp3) is 0.538. The van der Waals surface area contributed by atoms with Crippen LogP contribution in [0, 0.1) is 11.7 Å². The normalized spacial score (nSPS) is 14.4. The molecule has 0 radical (unpaired) electrons. The van der Waals surface area contributed by atoms with Crippen molar-refractivity contribution in [1.29, 1.82) is 0 Å². The summed E-state index contributed by atoms with van der Waals surface area (Å²) in [7, 11) is -6.31. The van der Waals surface area contributed by atoms with E-state index in [-0.39, 0.29) is 17.4 Å². The van der Waals surface area contributed by atoms with Gasteiger partial charge in [0.25, 0.3) is 0 Å². The van der Waals surface area contributed by atoms with Gasteiger partial charge in [0, 0.05) is 19.8 Å². The zero-order valence-electron chi connectivity index (χ0n) is 12.5. The molecule has 1 atom stereocenters. The third-order valence-corrected chi connectivity index (χ3v) is 6.23. The van der Waals surface area contributed by atoms with Crippen LogP contribution < -0.4 is 0 Å². The molecule has 0 spiro atoms. The van der Waals surface area contributed by atoms with Crippen molar-refractivity contribution in [1.82, 2.24) is 4.31 Å². The van der Waals surface area contributed by atoms with Crippen LogP contribution in [0.4, 0.5) is 4.39 Å². The first-order valence-corrected chi connectivity index (χ1v) is 9.79. The van der Waals surface area contributed by atoms with E-state index in [1.807, 2.05) is 13.8 Å². The van der Waals surface area contributed by atoms with Crippen LogP contribution in [-0.2, 0) is 19.9 Å². The van der Waals surface area contributed by atoms with Gasteiger partial charge in [-0.1, -0.05) is 20.3 Å². The fourth-order valence-corrected chi connectivity index (χ4v) is 3.84. The summed E-state index contributed by atoms with van der Waals surface area (Å²) < 4.78 is 62.6. The standard InChI is InChI=1S/C13H20FNO4S2/c1-5-10(2)9-15(3)21(18,19)13-8-11(20(4,16)17)6-7-12(13)14/h6-8,10H,5,9H2,1-4H3. The van der Waals surface area contributed by atoms with E-state index >= 15 is 0 Å². The Labute approximate surface area is 125 Å². The minimum Gasteiger partial charge on any atom is -0.224 e. The van der Waals surface area contributed by atoms with Crippen LogP contribution in [-0.4, -0.2) is 41.0 Å². The van der Waals surface area contributed by atoms with Crippen molar-refractivity contribution in [2.24, 2.45) is 5.92 Å². The molecule has 120 valence electrons. The number of sulfone groups is 1. The van der Waals surface area contributed by atoms with Crippen molar-refractivity contribution >= 4 is 19.9 Å². The molecule has 0 bridgehead atoms. The predicted molar refractivity (Wildman–Crippen MR) is 78.8 cm³/mol. The van der Waals surface area contributed by atoms with Gasteiger partial charge in [0.05, 0.1) is 4.90 Å². The number of sulfonamides is 1. The van der Waals surface area contributed by atoms with Gasteiger partial charge in [-0.15, -0.1) is 0 Å². The van der Waals surface area contributed by atoms with E-state index in [2.05, 4.69) is 0 Å². The highest BCUT2D eigenvalue weighted by atomic mass is 32.2. The molecule has 0 fully saturated rings. The summed E-state index contributed by atoms with van der Waals surface area (Å²) in [6.45, 7) is 4.05. The quantitative estimate of drug-likeness (QED) is 0.743. The first kappa shape index (κ1) is 18.1. The monoisotopic (exact) mass is 337 g/mol. The van der Waals surface area contributed by atoms with Crippen molar-refractivity contribution in [2.75, 3.05) is 19.8 Å². The Morgan fingerprint density at radius 1 is 1.24 bits per heavy atom. The Kier molecular flexibility index (Phi) is 5.51. The lowest BCUT2D eigenvalue weighted by atomic mass is 10.1. The lowest BCUT2D eigenvalue weighted by Crippen LogP contribution is -2.31. The first-order valence-electron chi connectivity index (χ1n) is 6.46. The highest BCUT2D eigenvalue weighted by molar-refractivity contribution is 7.91. The van der Waals surface area contributed by atoms with E-state index < -0.39 is 30.6 Å². The van der Waals surface area contributed by atoms with E-state index in [0.717, 1.165) is 35.2 Å². The topological polar surface area (TPSA) is 71.5 Å². The van der Waals surface area contributed by atoms with E-state index in [0.29, 0.717) is 0 Å². The molecule has 0 aliphatic carbocycles. The number of halogens is 1. The first-order chi connectivity index (χ1) is 9.50. The van der Waals surface area contributed by atoms with Gasteiger partial charge in [-0.05, 0) is 24.1 Å². The van der Waals surface area contributed by atoms with E-state index in [4.69, 9.17) is 0 Å². The Morgan fingerprint density at radius 2 is 1.81 bits per heavy atom. The van der Waals surface area contributed by atoms with Crippen molar-refractivity contribution < 1.29 is 21.2 Å². The van der Waals surface area contributed by atoms with Gasteiger partial charge in [-0.2, -0.15) is 0 Å². The van der Waals surface area contributed by atoms with Crippen molar-refractivity contribution in [2.45, 2.75) is 30.1 Å². The van der Waals surface area contributed by atoms with Crippen LogP contribution in [0.15, 0.2) is 28.0 Å². The highest BCUT2D eigenvalue weighted by Crippen LogP contribution is 2.23. The molecule has 0 aliphatic heterocycles. The number of hydrogen-bond donors (Lipinski definition) is 0. The molecule has 0 amide bonds. The SMILES string of the molecule is CCC(C)CN(C)S(=O)(=O)c1cc(S(C)(=O)=O)ccc1F. The molecule has 0 saturated carbocycles. The molecular weight excluding hydrogens is 317 g/mol. The second-order valence-electron chi connectivity index (χ2n) is 5.16. The number of nitrogens with zero attached hydrogens (tertiary/aromatic N) is 1. The summed E-state index contributed by atoms with van der Waals surface area (Å²) in [6.07, 6.45) is 1.73. The molecule has 5 nitrogen and oxygen atoms in total. The maximum Gasteiger partial charge on any atom is 0.245 e.